The third kappa shape index (κ3) is 4.81. The Hall–Kier alpha value is -2.51. The number of amides is 3. The summed E-state index contributed by atoms with van der Waals surface area (Å²) in [4.78, 5) is 22.9. The third-order valence-electron chi connectivity index (χ3n) is 3.66. The van der Waals surface area contributed by atoms with Gasteiger partial charge in [0.05, 0.1) is 11.1 Å². The Balaban J connectivity index is 1.85. The molecule has 0 atom stereocenters. The van der Waals surface area contributed by atoms with Crippen LogP contribution in [0.2, 0.25) is 5.02 Å². The zero-order chi connectivity index (χ0) is 19.4. The van der Waals surface area contributed by atoms with Gasteiger partial charge in [-0.2, -0.15) is 0 Å². The first-order valence-corrected chi connectivity index (χ1v) is 9.31. The molecule has 1 aliphatic heterocycles. The molecule has 0 spiro atoms. The second kappa shape index (κ2) is 8.45. The van der Waals surface area contributed by atoms with Gasteiger partial charge in [-0.05, 0) is 64.3 Å². The highest BCUT2D eigenvalue weighted by atomic mass is 79.9. The lowest BCUT2D eigenvalue weighted by atomic mass is 10.1. The molecule has 0 radical (unpaired) electrons. The molecule has 1 fully saturated rings. The van der Waals surface area contributed by atoms with Crippen molar-refractivity contribution in [1.82, 2.24) is 10.6 Å². The molecular weight excluding hydrogens is 436 g/mol. The minimum atomic E-state index is -0.543. The van der Waals surface area contributed by atoms with Gasteiger partial charge in [0.15, 0.2) is 11.5 Å². The smallest absolute Gasteiger partial charge is 0.326 e. The van der Waals surface area contributed by atoms with Crippen molar-refractivity contribution < 1.29 is 19.1 Å². The van der Waals surface area contributed by atoms with Crippen LogP contribution in [-0.4, -0.2) is 18.5 Å². The van der Waals surface area contributed by atoms with Crippen LogP contribution >= 0.6 is 27.5 Å². The van der Waals surface area contributed by atoms with Crippen LogP contribution < -0.4 is 20.1 Å². The van der Waals surface area contributed by atoms with Gasteiger partial charge >= 0.3 is 6.03 Å². The largest absolute Gasteiger partial charge is 0.490 e. The van der Waals surface area contributed by atoms with Crippen molar-refractivity contribution in [3.05, 3.63) is 62.7 Å². The van der Waals surface area contributed by atoms with E-state index in [2.05, 4.69) is 26.6 Å². The first-order valence-electron chi connectivity index (χ1n) is 8.14. The van der Waals surface area contributed by atoms with Crippen molar-refractivity contribution in [1.29, 1.82) is 0 Å². The second-order valence-corrected chi connectivity index (χ2v) is 6.94. The van der Waals surface area contributed by atoms with Crippen LogP contribution in [-0.2, 0) is 11.4 Å². The Kier molecular flexibility index (Phi) is 6.03. The maximum absolute atomic E-state index is 11.7. The van der Waals surface area contributed by atoms with Crippen LogP contribution in [0.4, 0.5) is 4.79 Å². The topological polar surface area (TPSA) is 76.7 Å². The van der Waals surface area contributed by atoms with Crippen LogP contribution in [0.25, 0.3) is 6.08 Å². The predicted molar refractivity (Wildman–Crippen MR) is 106 cm³/mol. The van der Waals surface area contributed by atoms with E-state index in [-0.39, 0.29) is 5.70 Å². The van der Waals surface area contributed by atoms with E-state index in [0.717, 1.165) is 5.56 Å². The van der Waals surface area contributed by atoms with E-state index in [1.54, 1.807) is 30.3 Å². The lowest BCUT2D eigenvalue weighted by molar-refractivity contribution is -0.115. The zero-order valence-corrected chi connectivity index (χ0v) is 16.7. The molecule has 1 aliphatic rings. The summed E-state index contributed by atoms with van der Waals surface area (Å²) in [6, 6.07) is 10.4. The average Bonchev–Trinajstić information content (AvgIpc) is 2.93. The maximum Gasteiger partial charge on any atom is 0.326 e. The summed E-state index contributed by atoms with van der Waals surface area (Å²) in [6.07, 6.45) is 1.57. The summed E-state index contributed by atoms with van der Waals surface area (Å²) in [7, 11) is 0. The van der Waals surface area contributed by atoms with Crippen molar-refractivity contribution in [3.63, 3.8) is 0 Å². The van der Waals surface area contributed by atoms with Gasteiger partial charge in [0.1, 0.15) is 12.3 Å². The summed E-state index contributed by atoms with van der Waals surface area (Å²) < 4.78 is 12.3. The third-order valence-corrected chi connectivity index (χ3v) is 4.50. The summed E-state index contributed by atoms with van der Waals surface area (Å²) in [5, 5.41) is 5.28. The zero-order valence-electron chi connectivity index (χ0n) is 14.3. The van der Waals surface area contributed by atoms with E-state index in [4.69, 9.17) is 21.1 Å². The number of benzene rings is 2. The van der Waals surface area contributed by atoms with Gasteiger partial charge < -0.3 is 14.8 Å². The quantitative estimate of drug-likeness (QED) is 0.508. The molecule has 3 amide bonds. The van der Waals surface area contributed by atoms with Gasteiger partial charge in [-0.1, -0.05) is 23.7 Å². The Labute approximate surface area is 169 Å². The number of carbonyl (C=O) groups is 2. The molecule has 6 nitrogen and oxygen atoms in total. The predicted octanol–water partition coefficient (Wildman–Crippen LogP) is 4.26. The molecule has 3 rings (SSSR count). The van der Waals surface area contributed by atoms with Gasteiger partial charge in [0.2, 0.25) is 0 Å². The highest BCUT2D eigenvalue weighted by Gasteiger charge is 2.23. The van der Waals surface area contributed by atoms with E-state index in [0.29, 0.717) is 39.8 Å². The number of carbonyl (C=O) groups excluding carboxylic acids is 2. The van der Waals surface area contributed by atoms with Gasteiger partial charge in [0.25, 0.3) is 5.91 Å². The minimum Gasteiger partial charge on any atom is -0.490 e. The van der Waals surface area contributed by atoms with E-state index < -0.39 is 11.9 Å². The van der Waals surface area contributed by atoms with Crippen molar-refractivity contribution in [2.45, 2.75) is 13.5 Å². The van der Waals surface area contributed by atoms with Crippen molar-refractivity contribution in [3.8, 4) is 11.5 Å². The SMILES string of the molecule is CCOc1cc(/C=C2/NC(=O)NC2=O)cc(Br)c1OCc1ccc(Cl)cc1. The van der Waals surface area contributed by atoms with Crippen LogP contribution in [0.1, 0.15) is 18.1 Å². The molecule has 1 saturated heterocycles. The molecule has 0 aliphatic carbocycles. The lowest BCUT2D eigenvalue weighted by Gasteiger charge is -2.15. The van der Waals surface area contributed by atoms with Crippen LogP contribution in [0.3, 0.4) is 0 Å². The molecule has 2 aromatic carbocycles. The number of hydrogen-bond acceptors (Lipinski definition) is 4. The van der Waals surface area contributed by atoms with E-state index >= 15 is 0 Å². The fraction of sp³-hybridized carbons (Fsp3) is 0.158. The molecule has 0 unspecified atom stereocenters. The van der Waals surface area contributed by atoms with Crippen LogP contribution in [0.15, 0.2) is 46.6 Å². The number of hydrogen-bond donors (Lipinski definition) is 2. The number of nitrogens with one attached hydrogen (secondary N) is 2. The molecule has 0 saturated carbocycles. The fourth-order valence-electron chi connectivity index (χ4n) is 2.46. The Morgan fingerprint density at radius 2 is 1.85 bits per heavy atom. The summed E-state index contributed by atoms with van der Waals surface area (Å²) >= 11 is 9.38. The van der Waals surface area contributed by atoms with Crippen LogP contribution in [0.5, 0.6) is 11.5 Å². The summed E-state index contributed by atoms with van der Waals surface area (Å²) in [5.74, 6) is 0.600. The number of halogens is 2. The van der Waals surface area contributed by atoms with Gasteiger partial charge in [-0.3, -0.25) is 10.1 Å². The molecule has 2 N–H and O–H groups in total. The molecule has 140 valence electrons. The Morgan fingerprint density at radius 3 is 2.48 bits per heavy atom. The normalized spacial score (nSPS) is 14.9. The molecular formula is C19H16BrClN2O4. The highest BCUT2D eigenvalue weighted by Crippen LogP contribution is 2.38. The number of urea groups is 1. The van der Waals surface area contributed by atoms with E-state index in [9.17, 15) is 9.59 Å². The first kappa shape index (κ1) is 19.3. The standard InChI is InChI=1S/C19H16BrClN2O4/c1-2-26-16-9-12(8-15-18(24)23-19(25)22-15)7-14(20)17(16)27-10-11-3-5-13(21)6-4-11/h3-9H,2,10H2,1H3,(H2,22,23,24,25)/b15-8+. The first-order chi connectivity index (χ1) is 13.0. The van der Waals surface area contributed by atoms with Crippen LogP contribution in [0, 0.1) is 0 Å². The van der Waals surface area contributed by atoms with Gasteiger partial charge in [0, 0.05) is 5.02 Å². The molecule has 27 heavy (non-hydrogen) atoms. The van der Waals surface area contributed by atoms with E-state index in [1.165, 1.54) is 0 Å². The molecule has 1 heterocycles. The number of ether oxygens (including phenoxy) is 2. The molecule has 0 aromatic heterocycles. The van der Waals surface area contributed by atoms with Gasteiger partial charge in [-0.15, -0.1) is 0 Å². The van der Waals surface area contributed by atoms with Crippen molar-refractivity contribution in [2.75, 3.05) is 6.61 Å². The monoisotopic (exact) mass is 450 g/mol. The van der Waals surface area contributed by atoms with E-state index in [1.807, 2.05) is 19.1 Å². The fourth-order valence-corrected chi connectivity index (χ4v) is 3.16. The highest BCUT2D eigenvalue weighted by molar-refractivity contribution is 9.10. The number of imide groups is 1. The summed E-state index contributed by atoms with van der Waals surface area (Å²) in [6.45, 7) is 2.66. The lowest BCUT2D eigenvalue weighted by Crippen LogP contribution is -2.22. The Bertz CT molecular complexity index is 913. The number of rotatable bonds is 6. The summed E-state index contributed by atoms with van der Waals surface area (Å²) in [5.41, 5.74) is 1.81. The second-order valence-electron chi connectivity index (χ2n) is 5.64. The molecule has 8 heteroatoms. The minimum absolute atomic E-state index is 0.171. The Morgan fingerprint density at radius 1 is 1.11 bits per heavy atom. The molecule has 0 bridgehead atoms. The average molecular weight is 452 g/mol. The maximum atomic E-state index is 11.7. The van der Waals surface area contributed by atoms with Crippen molar-refractivity contribution in [2.24, 2.45) is 0 Å². The van der Waals surface area contributed by atoms with Gasteiger partial charge in [-0.25, -0.2) is 4.79 Å². The van der Waals surface area contributed by atoms with Crippen molar-refractivity contribution >= 4 is 45.5 Å². The molecule has 2 aromatic rings.